The number of carbonyl (C=O) groups excluding carboxylic acids is 1. The van der Waals surface area contributed by atoms with Gasteiger partial charge in [-0.15, -0.1) is 24.8 Å². The van der Waals surface area contributed by atoms with Crippen LogP contribution in [0.3, 0.4) is 0 Å². The van der Waals surface area contributed by atoms with Crippen LogP contribution in [0.5, 0.6) is 0 Å². The van der Waals surface area contributed by atoms with E-state index in [0.717, 1.165) is 38.5 Å². The SMILES string of the molecule is CC(C)c1nccn1CCC(=O)N1CCNCC1.Cl.Cl. The van der Waals surface area contributed by atoms with Crippen molar-refractivity contribution in [1.29, 1.82) is 0 Å². The highest BCUT2D eigenvalue weighted by molar-refractivity contribution is 5.85. The minimum absolute atomic E-state index is 0. The van der Waals surface area contributed by atoms with Crippen LogP contribution in [0, 0.1) is 0 Å². The molecule has 1 aromatic rings. The van der Waals surface area contributed by atoms with Crippen molar-refractivity contribution in [2.75, 3.05) is 26.2 Å². The van der Waals surface area contributed by atoms with E-state index in [2.05, 4.69) is 28.7 Å². The van der Waals surface area contributed by atoms with Gasteiger partial charge in [0, 0.05) is 57.5 Å². The molecule has 7 heteroatoms. The highest BCUT2D eigenvalue weighted by atomic mass is 35.5. The van der Waals surface area contributed by atoms with Gasteiger partial charge in [0.25, 0.3) is 0 Å². The predicted molar refractivity (Wildman–Crippen MR) is 84.9 cm³/mol. The van der Waals surface area contributed by atoms with Crippen LogP contribution >= 0.6 is 24.8 Å². The summed E-state index contributed by atoms with van der Waals surface area (Å²) >= 11 is 0. The lowest BCUT2D eigenvalue weighted by Crippen LogP contribution is -2.46. The van der Waals surface area contributed by atoms with Crippen molar-refractivity contribution in [3.05, 3.63) is 18.2 Å². The van der Waals surface area contributed by atoms with Gasteiger partial charge in [0.05, 0.1) is 0 Å². The maximum atomic E-state index is 12.0. The molecule has 2 heterocycles. The van der Waals surface area contributed by atoms with Gasteiger partial charge in [-0.2, -0.15) is 0 Å². The molecule has 1 amide bonds. The van der Waals surface area contributed by atoms with E-state index in [1.807, 2.05) is 17.3 Å². The summed E-state index contributed by atoms with van der Waals surface area (Å²) in [5.74, 6) is 1.71. The monoisotopic (exact) mass is 322 g/mol. The Labute approximate surface area is 132 Å². The predicted octanol–water partition coefficient (Wildman–Crippen LogP) is 1.67. The van der Waals surface area contributed by atoms with Crippen LogP contribution in [-0.4, -0.2) is 46.5 Å². The van der Waals surface area contributed by atoms with E-state index in [1.165, 1.54) is 0 Å². The summed E-state index contributed by atoms with van der Waals surface area (Å²) in [6, 6.07) is 0. The number of aromatic nitrogens is 2. The van der Waals surface area contributed by atoms with Gasteiger partial charge >= 0.3 is 0 Å². The minimum Gasteiger partial charge on any atom is -0.340 e. The average molecular weight is 323 g/mol. The number of hydrogen-bond acceptors (Lipinski definition) is 3. The van der Waals surface area contributed by atoms with Crippen molar-refractivity contribution in [2.24, 2.45) is 0 Å². The summed E-state index contributed by atoms with van der Waals surface area (Å²) in [7, 11) is 0. The number of nitrogens with zero attached hydrogens (tertiary/aromatic N) is 3. The molecule has 0 aliphatic carbocycles. The van der Waals surface area contributed by atoms with Gasteiger partial charge in [-0.25, -0.2) is 4.98 Å². The van der Waals surface area contributed by atoms with E-state index in [4.69, 9.17) is 0 Å². The second-order valence-corrected chi connectivity index (χ2v) is 5.01. The standard InChI is InChI=1S/C13H22N4O.2ClH/c1-11(2)13-15-6-10-17(13)7-3-12(18)16-8-4-14-5-9-16;;/h6,10-11,14H,3-5,7-9H2,1-2H3;2*1H. The van der Waals surface area contributed by atoms with Crippen LogP contribution in [0.2, 0.25) is 0 Å². The number of nitrogens with one attached hydrogen (secondary N) is 1. The fourth-order valence-electron chi connectivity index (χ4n) is 2.30. The molecule has 0 spiro atoms. The number of imidazole rings is 1. The van der Waals surface area contributed by atoms with Crippen molar-refractivity contribution in [3.8, 4) is 0 Å². The Morgan fingerprint density at radius 3 is 2.60 bits per heavy atom. The molecule has 5 nitrogen and oxygen atoms in total. The minimum atomic E-state index is 0. The van der Waals surface area contributed by atoms with E-state index in [-0.39, 0.29) is 30.7 Å². The van der Waals surface area contributed by atoms with Crippen LogP contribution in [0.4, 0.5) is 0 Å². The summed E-state index contributed by atoms with van der Waals surface area (Å²) in [6.07, 6.45) is 4.33. The first-order chi connectivity index (χ1) is 8.68. The third-order valence-corrected chi connectivity index (χ3v) is 3.30. The van der Waals surface area contributed by atoms with Crippen LogP contribution in [0.25, 0.3) is 0 Å². The first kappa shape index (κ1) is 19.2. The highest BCUT2D eigenvalue weighted by Crippen LogP contribution is 2.12. The number of piperazine rings is 1. The third kappa shape index (κ3) is 4.96. The van der Waals surface area contributed by atoms with Gasteiger partial charge in [-0.3, -0.25) is 4.79 Å². The Bertz CT molecular complexity index is 403. The van der Waals surface area contributed by atoms with Gasteiger partial charge in [0.2, 0.25) is 5.91 Å². The van der Waals surface area contributed by atoms with E-state index in [1.54, 1.807) is 0 Å². The summed E-state index contributed by atoms with van der Waals surface area (Å²) in [4.78, 5) is 18.3. The number of rotatable bonds is 4. The molecule has 1 aliphatic rings. The molecule has 1 aliphatic heterocycles. The van der Waals surface area contributed by atoms with Crippen molar-refractivity contribution in [1.82, 2.24) is 19.8 Å². The second kappa shape index (κ2) is 9.21. The van der Waals surface area contributed by atoms with E-state index < -0.39 is 0 Å². The summed E-state index contributed by atoms with van der Waals surface area (Å²) in [6.45, 7) is 8.46. The second-order valence-electron chi connectivity index (χ2n) is 5.01. The Morgan fingerprint density at radius 2 is 2.00 bits per heavy atom. The van der Waals surface area contributed by atoms with Crippen molar-refractivity contribution >= 4 is 30.7 Å². The molecule has 0 unspecified atom stereocenters. The van der Waals surface area contributed by atoms with Crippen molar-refractivity contribution in [3.63, 3.8) is 0 Å². The summed E-state index contributed by atoms with van der Waals surface area (Å²) < 4.78 is 2.09. The lowest BCUT2D eigenvalue weighted by Gasteiger charge is -2.27. The molecule has 1 N–H and O–H groups in total. The summed E-state index contributed by atoms with van der Waals surface area (Å²) in [5.41, 5.74) is 0. The van der Waals surface area contributed by atoms with E-state index >= 15 is 0 Å². The molecule has 1 aromatic heterocycles. The zero-order chi connectivity index (χ0) is 13.0. The third-order valence-electron chi connectivity index (χ3n) is 3.30. The van der Waals surface area contributed by atoms with Gasteiger partial charge in [-0.05, 0) is 0 Å². The topological polar surface area (TPSA) is 50.2 Å². The Hall–Kier alpha value is -0.780. The number of halogens is 2. The van der Waals surface area contributed by atoms with Crippen LogP contribution < -0.4 is 5.32 Å². The lowest BCUT2D eigenvalue weighted by molar-refractivity contribution is -0.132. The maximum absolute atomic E-state index is 12.0. The molecule has 0 atom stereocenters. The molecule has 0 bridgehead atoms. The lowest BCUT2D eigenvalue weighted by atomic mass is 10.2. The van der Waals surface area contributed by atoms with E-state index in [9.17, 15) is 4.79 Å². The van der Waals surface area contributed by atoms with E-state index in [0.29, 0.717) is 12.3 Å². The maximum Gasteiger partial charge on any atom is 0.224 e. The zero-order valence-corrected chi connectivity index (χ0v) is 13.7. The fraction of sp³-hybridized carbons (Fsp3) is 0.692. The van der Waals surface area contributed by atoms with Gasteiger partial charge < -0.3 is 14.8 Å². The number of hydrogen-bond donors (Lipinski definition) is 1. The smallest absolute Gasteiger partial charge is 0.224 e. The Balaban J connectivity index is 0.00000180. The molecule has 116 valence electrons. The van der Waals surface area contributed by atoms with Crippen LogP contribution in [-0.2, 0) is 11.3 Å². The normalized spacial score (nSPS) is 14.7. The first-order valence-electron chi connectivity index (χ1n) is 6.68. The summed E-state index contributed by atoms with van der Waals surface area (Å²) in [5, 5.41) is 3.25. The van der Waals surface area contributed by atoms with Gasteiger partial charge in [-0.1, -0.05) is 13.8 Å². The molecule has 20 heavy (non-hydrogen) atoms. The zero-order valence-electron chi connectivity index (χ0n) is 12.0. The molecule has 2 rings (SSSR count). The molecule has 1 fully saturated rings. The van der Waals surface area contributed by atoms with Crippen LogP contribution in [0.15, 0.2) is 12.4 Å². The molecular formula is C13H24Cl2N4O. The van der Waals surface area contributed by atoms with Crippen molar-refractivity contribution < 1.29 is 4.79 Å². The Kier molecular flexibility index (Phi) is 8.85. The number of aryl methyl sites for hydroxylation is 1. The largest absolute Gasteiger partial charge is 0.340 e. The molecule has 1 saturated heterocycles. The fourth-order valence-corrected chi connectivity index (χ4v) is 2.30. The first-order valence-corrected chi connectivity index (χ1v) is 6.68. The van der Waals surface area contributed by atoms with Gasteiger partial charge in [0.15, 0.2) is 0 Å². The average Bonchev–Trinajstić information content (AvgIpc) is 2.85. The molecule has 0 saturated carbocycles. The number of carbonyl (C=O) groups is 1. The molecule has 0 radical (unpaired) electrons. The number of amides is 1. The Morgan fingerprint density at radius 1 is 1.35 bits per heavy atom. The quantitative estimate of drug-likeness (QED) is 0.917. The molecular weight excluding hydrogens is 299 g/mol. The van der Waals surface area contributed by atoms with Gasteiger partial charge in [0.1, 0.15) is 5.82 Å². The molecule has 0 aromatic carbocycles. The highest BCUT2D eigenvalue weighted by Gasteiger charge is 2.16. The van der Waals surface area contributed by atoms with Crippen LogP contribution in [0.1, 0.15) is 32.0 Å². The van der Waals surface area contributed by atoms with Crippen molar-refractivity contribution in [2.45, 2.75) is 32.7 Å².